The third kappa shape index (κ3) is 3.08. The molecule has 142 valence electrons. The number of amides is 3. The van der Waals surface area contributed by atoms with Crippen LogP contribution in [0.2, 0.25) is 20.1 Å². The van der Waals surface area contributed by atoms with Crippen molar-refractivity contribution in [3.63, 3.8) is 0 Å². The SMILES string of the molecule is Cc1nn(C)c(C)c1NC(=O)CN1C(=O)c2c(Cl)c(Cl)c(Cl)c(Cl)c2C1=O. The maximum Gasteiger partial charge on any atom is 0.263 e. The van der Waals surface area contributed by atoms with E-state index in [0.29, 0.717) is 11.4 Å². The van der Waals surface area contributed by atoms with Gasteiger partial charge < -0.3 is 5.32 Å². The summed E-state index contributed by atoms with van der Waals surface area (Å²) in [5.41, 5.74) is 1.52. The molecule has 0 fully saturated rings. The Hall–Kier alpha value is -1.80. The fourth-order valence-electron chi connectivity index (χ4n) is 2.82. The highest BCUT2D eigenvalue weighted by Gasteiger charge is 2.42. The molecule has 7 nitrogen and oxygen atoms in total. The van der Waals surface area contributed by atoms with E-state index in [1.54, 1.807) is 25.6 Å². The second-order valence-electron chi connectivity index (χ2n) is 5.92. The molecule has 3 amide bonds. The average Bonchev–Trinajstić information content (AvgIpc) is 2.99. The Bertz CT molecular complexity index is 985. The number of hydrogen-bond acceptors (Lipinski definition) is 4. The molecule has 0 bridgehead atoms. The first kappa shape index (κ1) is 19.9. The van der Waals surface area contributed by atoms with Crippen molar-refractivity contribution in [1.82, 2.24) is 14.7 Å². The van der Waals surface area contributed by atoms with E-state index in [1.165, 1.54) is 0 Å². The predicted molar refractivity (Wildman–Crippen MR) is 103 cm³/mol. The third-order valence-corrected chi connectivity index (χ3v) is 6.06. The predicted octanol–water partition coefficient (Wildman–Crippen LogP) is 3.89. The van der Waals surface area contributed by atoms with Crippen LogP contribution in [-0.2, 0) is 11.8 Å². The van der Waals surface area contributed by atoms with Crippen molar-refractivity contribution in [3.8, 4) is 0 Å². The lowest BCUT2D eigenvalue weighted by Gasteiger charge is -2.14. The van der Waals surface area contributed by atoms with Crippen LogP contribution in [0, 0.1) is 13.8 Å². The van der Waals surface area contributed by atoms with E-state index in [1.807, 2.05) is 0 Å². The Morgan fingerprint density at radius 2 is 1.44 bits per heavy atom. The van der Waals surface area contributed by atoms with Crippen LogP contribution in [-0.4, -0.2) is 38.9 Å². The van der Waals surface area contributed by atoms with Gasteiger partial charge in [0.25, 0.3) is 11.8 Å². The standard InChI is InChI=1S/C16H12Cl4N4O3/c1-5-14(6(2)23(3)22-5)21-7(25)4-24-15(26)8-9(16(24)27)11(18)13(20)12(19)10(8)17/h4H2,1-3H3,(H,21,25). The summed E-state index contributed by atoms with van der Waals surface area (Å²) in [6.07, 6.45) is 0. The van der Waals surface area contributed by atoms with Gasteiger partial charge in [-0.05, 0) is 13.8 Å². The van der Waals surface area contributed by atoms with Crippen molar-refractivity contribution in [3.05, 3.63) is 42.6 Å². The number of hydrogen-bond donors (Lipinski definition) is 1. The molecular weight excluding hydrogens is 438 g/mol. The molecule has 0 spiro atoms. The lowest BCUT2D eigenvalue weighted by Crippen LogP contribution is -2.37. The van der Waals surface area contributed by atoms with Crippen LogP contribution in [0.3, 0.4) is 0 Å². The zero-order valence-corrected chi connectivity index (χ0v) is 17.3. The monoisotopic (exact) mass is 448 g/mol. The fourth-order valence-corrected chi connectivity index (χ4v) is 3.83. The van der Waals surface area contributed by atoms with Crippen LogP contribution in [0.5, 0.6) is 0 Å². The Balaban J connectivity index is 1.90. The van der Waals surface area contributed by atoms with Crippen LogP contribution in [0.1, 0.15) is 32.1 Å². The molecule has 0 aliphatic carbocycles. The Morgan fingerprint density at radius 1 is 0.963 bits per heavy atom. The van der Waals surface area contributed by atoms with Crippen molar-refractivity contribution < 1.29 is 14.4 Å². The van der Waals surface area contributed by atoms with Crippen LogP contribution in [0.15, 0.2) is 0 Å². The number of carbonyl (C=O) groups excluding carboxylic acids is 3. The van der Waals surface area contributed by atoms with Gasteiger partial charge in [0.15, 0.2) is 0 Å². The molecular formula is C16H12Cl4N4O3. The van der Waals surface area contributed by atoms with Crippen LogP contribution >= 0.6 is 46.4 Å². The Kier molecular flexibility index (Phi) is 5.16. The van der Waals surface area contributed by atoms with E-state index < -0.39 is 24.3 Å². The molecule has 1 aliphatic heterocycles. The molecule has 0 saturated carbocycles. The number of fused-ring (bicyclic) bond motifs is 1. The molecule has 0 atom stereocenters. The highest BCUT2D eigenvalue weighted by atomic mass is 35.5. The molecule has 0 saturated heterocycles. The molecule has 2 aromatic rings. The molecule has 1 N–H and O–H groups in total. The van der Waals surface area contributed by atoms with Crippen molar-refractivity contribution in [2.24, 2.45) is 7.05 Å². The number of carbonyl (C=O) groups is 3. The first-order chi connectivity index (χ1) is 12.6. The van der Waals surface area contributed by atoms with E-state index in [0.717, 1.165) is 10.6 Å². The molecule has 11 heteroatoms. The zero-order chi connectivity index (χ0) is 20.2. The summed E-state index contributed by atoms with van der Waals surface area (Å²) in [5, 5.41) is 6.23. The lowest BCUT2D eigenvalue weighted by atomic mass is 10.1. The smallest absolute Gasteiger partial charge is 0.263 e. The summed E-state index contributed by atoms with van der Waals surface area (Å²) in [4.78, 5) is 38.4. The molecule has 0 radical (unpaired) electrons. The maximum absolute atomic E-state index is 12.6. The number of nitrogens with zero attached hydrogens (tertiary/aromatic N) is 3. The van der Waals surface area contributed by atoms with Gasteiger partial charge in [0, 0.05) is 7.05 Å². The molecule has 1 aromatic heterocycles. The number of nitrogens with one attached hydrogen (secondary N) is 1. The topological polar surface area (TPSA) is 84.3 Å². The van der Waals surface area contributed by atoms with Gasteiger partial charge >= 0.3 is 0 Å². The average molecular weight is 450 g/mol. The van der Waals surface area contributed by atoms with Crippen LogP contribution in [0.4, 0.5) is 5.69 Å². The fraction of sp³-hybridized carbons (Fsp3) is 0.250. The summed E-state index contributed by atoms with van der Waals surface area (Å²) in [5.74, 6) is -2.11. The van der Waals surface area contributed by atoms with Crippen molar-refractivity contribution in [1.29, 1.82) is 0 Å². The van der Waals surface area contributed by atoms with E-state index in [4.69, 9.17) is 46.4 Å². The minimum absolute atomic E-state index is 0.129. The second kappa shape index (κ2) is 6.98. The van der Waals surface area contributed by atoms with Gasteiger partial charge in [0.2, 0.25) is 5.91 Å². The quantitative estimate of drug-likeness (QED) is 0.437. The van der Waals surface area contributed by atoms with Crippen LogP contribution in [0.25, 0.3) is 0 Å². The van der Waals surface area contributed by atoms with Gasteiger partial charge in [-0.2, -0.15) is 5.10 Å². The molecule has 0 unspecified atom stereocenters. The van der Waals surface area contributed by atoms with Gasteiger partial charge in [0.05, 0.1) is 48.3 Å². The first-order valence-corrected chi connectivity index (χ1v) is 9.09. The summed E-state index contributed by atoms with van der Waals surface area (Å²) in [7, 11) is 1.74. The molecule has 1 aliphatic rings. The normalized spacial score (nSPS) is 13.4. The van der Waals surface area contributed by atoms with Crippen molar-refractivity contribution in [2.45, 2.75) is 13.8 Å². The number of anilines is 1. The Morgan fingerprint density at radius 3 is 1.85 bits per heavy atom. The van der Waals surface area contributed by atoms with E-state index >= 15 is 0 Å². The molecule has 1 aromatic carbocycles. The number of aromatic nitrogens is 2. The number of halogens is 4. The minimum atomic E-state index is -0.768. The van der Waals surface area contributed by atoms with Crippen LogP contribution < -0.4 is 5.32 Å². The van der Waals surface area contributed by atoms with E-state index in [9.17, 15) is 14.4 Å². The zero-order valence-electron chi connectivity index (χ0n) is 14.3. The highest BCUT2D eigenvalue weighted by molar-refractivity contribution is 6.55. The third-order valence-electron chi connectivity index (χ3n) is 4.26. The summed E-state index contributed by atoms with van der Waals surface area (Å²) < 4.78 is 1.61. The van der Waals surface area contributed by atoms with Gasteiger partial charge in [-0.25, -0.2) is 0 Å². The van der Waals surface area contributed by atoms with Crippen molar-refractivity contribution >= 4 is 69.8 Å². The number of rotatable bonds is 3. The molecule has 2 heterocycles. The lowest BCUT2D eigenvalue weighted by molar-refractivity contribution is -0.116. The number of imide groups is 1. The van der Waals surface area contributed by atoms with E-state index in [-0.39, 0.29) is 31.2 Å². The van der Waals surface area contributed by atoms with Gasteiger partial charge in [0.1, 0.15) is 6.54 Å². The summed E-state index contributed by atoms with van der Waals surface area (Å²) in [6.45, 7) is 2.98. The minimum Gasteiger partial charge on any atom is -0.321 e. The van der Waals surface area contributed by atoms with Gasteiger partial charge in [-0.3, -0.25) is 24.0 Å². The highest BCUT2D eigenvalue weighted by Crippen LogP contribution is 2.44. The second-order valence-corrected chi connectivity index (χ2v) is 7.43. The summed E-state index contributed by atoms with van der Waals surface area (Å²) in [6, 6.07) is 0. The van der Waals surface area contributed by atoms with Crippen molar-refractivity contribution in [2.75, 3.05) is 11.9 Å². The molecule has 27 heavy (non-hydrogen) atoms. The van der Waals surface area contributed by atoms with Gasteiger partial charge in [-0.15, -0.1) is 0 Å². The maximum atomic E-state index is 12.6. The first-order valence-electron chi connectivity index (χ1n) is 7.58. The van der Waals surface area contributed by atoms with E-state index in [2.05, 4.69) is 10.4 Å². The number of aryl methyl sites for hydroxylation is 2. The Labute approximate surface area is 174 Å². The van der Waals surface area contributed by atoms with Gasteiger partial charge in [-0.1, -0.05) is 46.4 Å². The largest absolute Gasteiger partial charge is 0.321 e. The summed E-state index contributed by atoms with van der Waals surface area (Å²) >= 11 is 24.0. The number of benzene rings is 1. The molecule has 3 rings (SSSR count).